The summed E-state index contributed by atoms with van der Waals surface area (Å²) in [6.07, 6.45) is 0.873. The van der Waals surface area contributed by atoms with Crippen molar-refractivity contribution in [3.8, 4) is 0 Å². The van der Waals surface area contributed by atoms with Crippen molar-refractivity contribution in [2.24, 2.45) is 5.92 Å². The van der Waals surface area contributed by atoms with E-state index in [0.29, 0.717) is 23.7 Å². The third kappa shape index (κ3) is 3.95. The van der Waals surface area contributed by atoms with Gasteiger partial charge in [-0.3, -0.25) is 9.59 Å². The maximum Gasteiger partial charge on any atom is 0.252 e. The van der Waals surface area contributed by atoms with E-state index in [1.165, 1.54) is 0 Å². The van der Waals surface area contributed by atoms with E-state index >= 15 is 0 Å². The fraction of sp³-hybridized carbons (Fsp3) is 0.429. The summed E-state index contributed by atoms with van der Waals surface area (Å²) in [6.45, 7) is 2.43. The second kappa shape index (κ2) is 7.26. The minimum atomic E-state index is -0.229. The molecule has 0 spiro atoms. The van der Waals surface area contributed by atoms with Crippen LogP contribution < -0.4 is 16.0 Å². The summed E-state index contributed by atoms with van der Waals surface area (Å²) in [4.78, 5) is 23.6. The summed E-state index contributed by atoms with van der Waals surface area (Å²) in [7, 11) is 0. The van der Waals surface area contributed by atoms with Crippen LogP contribution in [0.4, 0.5) is 0 Å². The van der Waals surface area contributed by atoms with E-state index < -0.39 is 0 Å². The number of halogens is 1. The van der Waals surface area contributed by atoms with Gasteiger partial charge in [0.15, 0.2) is 0 Å². The average molecular weight is 296 g/mol. The highest BCUT2D eigenvalue weighted by Gasteiger charge is 2.21. The molecule has 0 aromatic heterocycles. The highest BCUT2D eigenvalue weighted by atomic mass is 35.5. The molecule has 1 heterocycles. The maximum atomic E-state index is 11.8. The lowest BCUT2D eigenvalue weighted by molar-refractivity contribution is -0.124. The van der Waals surface area contributed by atoms with E-state index in [4.69, 9.17) is 11.6 Å². The second-order valence-electron chi connectivity index (χ2n) is 4.72. The summed E-state index contributed by atoms with van der Waals surface area (Å²) in [5, 5.41) is 9.12. The van der Waals surface area contributed by atoms with Crippen molar-refractivity contribution in [1.29, 1.82) is 0 Å². The van der Waals surface area contributed by atoms with Crippen LogP contribution in [0.3, 0.4) is 0 Å². The Morgan fingerprint density at radius 2 is 2.00 bits per heavy atom. The zero-order valence-corrected chi connectivity index (χ0v) is 11.9. The number of nitrogens with one attached hydrogen (secondary N) is 3. The van der Waals surface area contributed by atoms with Crippen LogP contribution in [0.25, 0.3) is 0 Å². The van der Waals surface area contributed by atoms with Gasteiger partial charge in [0, 0.05) is 19.6 Å². The number of carbonyl (C=O) groups excluding carboxylic acids is 2. The van der Waals surface area contributed by atoms with Crippen molar-refractivity contribution >= 4 is 23.4 Å². The first-order valence-corrected chi connectivity index (χ1v) is 7.07. The zero-order chi connectivity index (χ0) is 14.4. The lowest BCUT2D eigenvalue weighted by Crippen LogP contribution is -2.38. The molecule has 3 N–H and O–H groups in total. The van der Waals surface area contributed by atoms with Crippen molar-refractivity contribution in [2.75, 3.05) is 26.2 Å². The molecule has 1 fully saturated rings. The highest BCUT2D eigenvalue weighted by Crippen LogP contribution is 2.14. The van der Waals surface area contributed by atoms with Crippen molar-refractivity contribution in [2.45, 2.75) is 6.42 Å². The maximum absolute atomic E-state index is 11.8. The molecule has 108 valence electrons. The molecule has 1 atom stereocenters. The molecule has 6 heteroatoms. The van der Waals surface area contributed by atoms with Crippen molar-refractivity contribution in [3.05, 3.63) is 34.9 Å². The molecule has 20 heavy (non-hydrogen) atoms. The van der Waals surface area contributed by atoms with Crippen LogP contribution in [0, 0.1) is 5.92 Å². The number of benzene rings is 1. The first-order valence-electron chi connectivity index (χ1n) is 6.69. The van der Waals surface area contributed by atoms with E-state index in [0.717, 1.165) is 19.5 Å². The van der Waals surface area contributed by atoms with Gasteiger partial charge in [0.1, 0.15) is 0 Å². The average Bonchev–Trinajstić information content (AvgIpc) is 2.98. The van der Waals surface area contributed by atoms with Gasteiger partial charge in [-0.2, -0.15) is 0 Å². The topological polar surface area (TPSA) is 70.2 Å². The number of rotatable bonds is 5. The van der Waals surface area contributed by atoms with Crippen molar-refractivity contribution in [1.82, 2.24) is 16.0 Å². The summed E-state index contributed by atoms with van der Waals surface area (Å²) in [6, 6.07) is 6.87. The molecule has 2 amide bonds. The van der Waals surface area contributed by atoms with Gasteiger partial charge < -0.3 is 16.0 Å². The molecule has 5 nitrogen and oxygen atoms in total. The van der Waals surface area contributed by atoms with Gasteiger partial charge in [-0.1, -0.05) is 23.7 Å². The van der Waals surface area contributed by atoms with Crippen LogP contribution in [-0.2, 0) is 4.79 Å². The van der Waals surface area contributed by atoms with Gasteiger partial charge in [0.2, 0.25) is 5.91 Å². The Kier molecular flexibility index (Phi) is 5.38. The smallest absolute Gasteiger partial charge is 0.252 e. The Morgan fingerprint density at radius 1 is 1.25 bits per heavy atom. The van der Waals surface area contributed by atoms with Gasteiger partial charge >= 0.3 is 0 Å². The van der Waals surface area contributed by atoms with Crippen LogP contribution in [0.1, 0.15) is 16.8 Å². The molecule has 0 bridgehead atoms. The first-order chi connectivity index (χ1) is 9.68. The summed E-state index contributed by atoms with van der Waals surface area (Å²) in [5.74, 6) is -0.136. The highest BCUT2D eigenvalue weighted by molar-refractivity contribution is 6.33. The molecule has 1 saturated heterocycles. The van der Waals surface area contributed by atoms with E-state index in [2.05, 4.69) is 16.0 Å². The van der Waals surface area contributed by atoms with Crippen LogP contribution >= 0.6 is 11.6 Å². The molecule has 1 aliphatic rings. The Balaban J connectivity index is 1.69. The number of hydrogen-bond acceptors (Lipinski definition) is 3. The minimum Gasteiger partial charge on any atom is -0.354 e. The fourth-order valence-electron chi connectivity index (χ4n) is 2.13. The van der Waals surface area contributed by atoms with Crippen LogP contribution in [0.2, 0.25) is 5.02 Å². The predicted octanol–water partition coefficient (Wildman–Crippen LogP) is 0.796. The first kappa shape index (κ1) is 14.8. The molecule has 1 aromatic carbocycles. The molecule has 0 radical (unpaired) electrons. The van der Waals surface area contributed by atoms with E-state index in [9.17, 15) is 9.59 Å². The van der Waals surface area contributed by atoms with Crippen LogP contribution in [0.15, 0.2) is 24.3 Å². The quantitative estimate of drug-likeness (QED) is 0.704. The Bertz CT molecular complexity index is 487. The van der Waals surface area contributed by atoms with Gasteiger partial charge in [-0.15, -0.1) is 0 Å². The lowest BCUT2D eigenvalue weighted by Gasteiger charge is -2.10. The Labute approximate surface area is 123 Å². The third-order valence-corrected chi connectivity index (χ3v) is 3.59. The number of hydrogen-bond donors (Lipinski definition) is 3. The second-order valence-corrected chi connectivity index (χ2v) is 5.12. The van der Waals surface area contributed by atoms with Crippen LogP contribution in [-0.4, -0.2) is 38.0 Å². The van der Waals surface area contributed by atoms with Gasteiger partial charge in [0.25, 0.3) is 5.91 Å². The standard InChI is InChI=1S/C14H18ClN3O2/c15-12-4-2-1-3-11(12)14(20)18-8-7-17-13(19)10-5-6-16-9-10/h1-4,10,16H,5-9H2,(H,17,19)(H,18,20). The number of amides is 2. The molecular formula is C14H18ClN3O2. The third-order valence-electron chi connectivity index (χ3n) is 3.26. The molecule has 2 rings (SSSR count). The monoisotopic (exact) mass is 295 g/mol. The Hall–Kier alpha value is -1.59. The van der Waals surface area contributed by atoms with Crippen molar-refractivity contribution in [3.63, 3.8) is 0 Å². The van der Waals surface area contributed by atoms with Gasteiger partial charge in [-0.25, -0.2) is 0 Å². The Morgan fingerprint density at radius 3 is 2.70 bits per heavy atom. The molecule has 1 aliphatic heterocycles. The molecular weight excluding hydrogens is 278 g/mol. The summed E-state index contributed by atoms with van der Waals surface area (Å²) >= 11 is 5.93. The summed E-state index contributed by atoms with van der Waals surface area (Å²) in [5.41, 5.74) is 0.445. The van der Waals surface area contributed by atoms with Gasteiger partial charge in [-0.05, 0) is 25.1 Å². The van der Waals surface area contributed by atoms with E-state index in [1.807, 2.05) is 0 Å². The van der Waals surface area contributed by atoms with E-state index in [1.54, 1.807) is 24.3 Å². The normalized spacial score (nSPS) is 17.8. The van der Waals surface area contributed by atoms with Crippen LogP contribution in [0.5, 0.6) is 0 Å². The van der Waals surface area contributed by atoms with Crippen molar-refractivity contribution < 1.29 is 9.59 Å². The summed E-state index contributed by atoms with van der Waals surface area (Å²) < 4.78 is 0. The largest absolute Gasteiger partial charge is 0.354 e. The predicted molar refractivity (Wildman–Crippen MR) is 77.8 cm³/mol. The zero-order valence-electron chi connectivity index (χ0n) is 11.1. The van der Waals surface area contributed by atoms with E-state index in [-0.39, 0.29) is 17.7 Å². The molecule has 0 saturated carbocycles. The number of carbonyl (C=O) groups is 2. The SMILES string of the molecule is O=C(NCCNC(=O)C1CCNC1)c1ccccc1Cl. The molecule has 1 aromatic rings. The molecule has 1 unspecified atom stereocenters. The van der Waals surface area contributed by atoms with Gasteiger partial charge in [0.05, 0.1) is 16.5 Å². The fourth-order valence-corrected chi connectivity index (χ4v) is 2.35. The molecule has 0 aliphatic carbocycles. The minimum absolute atomic E-state index is 0.0435. The lowest BCUT2D eigenvalue weighted by atomic mass is 10.1.